The molecule has 2 rings (SSSR count). The van der Waals surface area contributed by atoms with Gasteiger partial charge in [-0.25, -0.2) is 0 Å². The Morgan fingerprint density at radius 1 is 1.10 bits per heavy atom. The fourth-order valence-corrected chi connectivity index (χ4v) is 3.82. The highest BCUT2D eigenvalue weighted by Gasteiger charge is 2.31. The van der Waals surface area contributed by atoms with Gasteiger partial charge in [-0.05, 0) is 43.0 Å². The molecule has 0 amide bonds. The Bertz CT molecular complexity index is 425. The Balaban J connectivity index is 2.31. The minimum atomic E-state index is 0.374. The molecule has 3 heteroatoms. The van der Waals surface area contributed by atoms with E-state index in [2.05, 4.69) is 31.4 Å². The van der Waals surface area contributed by atoms with E-state index in [4.69, 9.17) is 9.47 Å². The van der Waals surface area contributed by atoms with Crippen LogP contribution in [0.5, 0.6) is 11.5 Å². The largest absolute Gasteiger partial charge is 0.497 e. The van der Waals surface area contributed by atoms with Crippen LogP contribution in [0.15, 0.2) is 18.2 Å². The topological polar surface area (TPSA) is 30.5 Å². The second-order valence-electron chi connectivity index (χ2n) is 6.03. The Morgan fingerprint density at radius 3 is 2.24 bits per heavy atom. The molecule has 1 aliphatic rings. The minimum Gasteiger partial charge on any atom is -0.497 e. The lowest BCUT2D eigenvalue weighted by Gasteiger charge is -2.37. The lowest BCUT2D eigenvalue weighted by atomic mass is 9.72. The highest BCUT2D eigenvalue weighted by molar-refractivity contribution is 5.40. The number of benzene rings is 1. The summed E-state index contributed by atoms with van der Waals surface area (Å²) in [5, 5.41) is 3.54. The van der Waals surface area contributed by atoms with E-state index >= 15 is 0 Å². The molecule has 118 valence electrons. The third-order valence-corrected chi connectivity index (χ3v) is 4.96. The van der Waals surface area contributed by atoms with Gasteiger partial charge in [-0.1, -0.05) is 32.6 Å². The van der Waals surface area contributed by atoms with Crippen LogP contribution < -0.4 is 14.8 Å². The molecule has 21 heavy (non-hydrogen) atoms. The molecule has 1 aliphatic carbocycles. The summed E-state index contributed by atoms with van der Waals surface area (Å²) in [5.74, 6) is 3.25. The zero-order valence-electron chi connectivity index (χ0n) is 13.8. The van der Waals surface area contributed by atoms with E-state index in [1.165, 1.54) is 37.7 Å². The van der Waals surface area contributed by atoms with E-state index in [9.17, 15) is 0 Å². The van der Waals surface area contributed by atoms with Crippen molar-refractivity contribution < 1.29 is 9.47 Å². The summed E-state index contributed by atoms with van der Waals surface area (Å²) in [6, 6.07) is 6.60. The monoisotopic (exact) mass is 291 g/mol. The van der Waals surface area contributed by atoms with Crippen LogP contribution in [0.1, 0.15) is 50.6 Å². The average Bonchev–Trinajstić information content (AvgIpc) is 2.55. The van der Waals surface area contributed by atoms with Crippen LogP contribution in [-0.2, 0) is 0 Å². The summed E-state index contributed by atoms with van der Waals surface area (Å²) >= 11 is 0. The smallest absolute Gasteiger partial charge is 0.122 e. The zero-order valence-corrected chi connectivity index (χ0v) is 13.8. The van der Waals surface area contributed by atoms with Crippen LogP contribution in [0.25, 0.3) is 0 Å². The van der Waals surface area contributed by atoms with Gasteiger partial charge in [0.05, 0.1) is 14.2 Å². The van der Waals surface area contributed by atoms with Gasteiger partial charge in [0.25, 0.3) is 0 Å². The van der Waals surface area contributed by atoms with Crippen molar-refractivity contribution in [2.24, 2.45) is 11.8 Å². The molecule has 0 radical (unpaired) electrons. The molecule has 3 nitrogen and oxygen atoms in total. The second kappa shape index (κ2) is 7.69. The van der Waals surface area contributed by atoms with Crippen molar-refractivity contribution in [3.8, 4) is 11.5 Å². The predicted molar refractivity (Wildman–Crippen MR) is 87.1 cm³/mol. The number of rotatable bonds is 6. The average molecular weight is 291 g/mol. The van der Waals surface area contributed by atoms with Crippen molar-refractivity contribution in [2.45, 2.75) is 45.1 Å². The summed E-state index contributed by atoms with van der Waals surface area (Å²) in [7, 11) is 5.49. The number of hydrogen-bond donors (Lipinski definition) is 1. The summed E-state index contributed by atoms with van der Waals surface area (Å²) in [4.78, 5) is 0. The number of hydrogen-bond acceptors (Lipinski definition) is 3. The van der Waals surface area contributed by atoms with E-state index in [1.54, 1.807) is 14.2 Å². The van der Waals surface area contributed by atoms with E-state index in [0.29, 0.717) is 12.0 Å². The molecule has 1 aromatic carbocycles. The van der Waals surface area contributed by atoms with Crippen molar-refractivity contribution in [3.05, 3.63) is 23.8 Å². The summed E-state index contributed by atoms with van der Waals surface area (Å²) in [5.41, 5.74) is 1.28. The third-order valence-electron chi connectivity index (χ3n) is 4.96. The maximum atomic E-state index is 5.42. The molecule has 1 saturated carbocycles. The first-order valence-corrected chi connectivity index (χ1v) is 8.13. The fraction of sp³-hybridized carbons (Fsp3) is 0.667. The van der Waals surface area contributed by atoms with Gasteiger partial charge in [0.1, 0.15) is 11.5 Å². The highest BCUT2D eigenvalue weighted by atomic mass is 16.5. The minimum absolute atomic E-state index is 0.374. The van der Waals surface area contributed by atoms with Crippen LogP contribution in [0.4, 0.5) is 0 Å². The summed E-state index contributed by atoms with van der Waals surface area (Å²) in [6.45, 7) is 2.32. The molecule has 3 unspecified atom stereocenters. The molecule has 0 heterocycles. The Hall–Kier alpha value is -1.22. The van der Waals surface area contributed by atoms with Crippen LogP contribution >= 0.6 is 0 Å². The first-order chi connectivity index (χ1) is 10.2. The lowest BCUT2D eigenvalue weighted by molar-refractivity contribution is 0.180. The normalized spacial score (nSPS) is 23.6. The van der Waals surface area contributed by atoms with Gasteiger partial charge in [-0.2, -0.15) is 0 Å². The van der Waals surface area contributed by atoms with Crippen LogP contribution in [0.2, 0.25) is 0 Å². The van der Waals surface area contributed by atoms with E-state index in [1.807, 2.05) is 6.07 Å². The van der Waals surface area contributed by atoms with Crippen molar-refractivity contribution >= 4 is 0 Å². The van der Waals surface area contributed by atoms with Crippen molar-refractivity contribution in [1.82, 2.24) is 5.32 Å². The molecule has 0 saturated heterocycles. The van der Waals surface area contributed by atoms with Gasteiger partial charge in [0.2, 0.25) is 0 Å². The van der Waals surface area contributed by atoms with Gasteiger partial charge < -0.3 is 14.8 Å². The molecule has 1 N–H and O–H groups in total. The molecule has 1 aromatic rings. The van der Waals surface area contributed by atoms with Crippen molar-refractivity contribution in [1.29, 1.82) is 0 Å². The maximum Gasteiger partial charge on any atom is 0.122 e. The van der Waals surface area contributed by atoms with E-state index < -0.39 is 0 Å². The fourth-order valence-electron chi connectivity index (χ4n) is 3.82. The molecule has 0 aliphatic heterocycles. The van der Waals surface area contributed by atoms with Crippen LogP contribution in [0, 0.1) is 11.8 Å². The molecule has 3 atom stereocenters. The summed E-state index contributed by atoms with van der Waals surface area (Å²) in [6.07, 6.45) is 6.67. The zero-order chi connectivity index (χ0) is 15.2. The Morgan fingerprint density at radius 2 is 1.71 bits per heavy atom. The van der Waals surface area contributed by atoms with Crippen molar-refractivity contribution in [3.63, 3.8) is 0 Å². The maximum absolute atomic E-state index is 5.42. The van der Waals surface area contributed by atoms with Crippen LogP contribution in [-0.4, -0.2) is 21.3 Å². The van der Waals surface area contributed by atoms with Gasteiger partial charge in [0, 0.05) is 12.1 Å². The number of methoxy groups -OCH3 is 2. The molecule has 0 aromatic heterocycles. The van der Waals surface area contributed by atoms with Gasteiger partial charge in [-0.15, -0.1) is 0 Å². The number of nitrogens with one attached hydrogen (secondary N) is 1. The Labute approximate surface area is 129 Å². The number of ether oxygens (including phenoxy) is 2. The first kappa shape index (κ1) is 16.2. The lowest BCUT2D eigenvalue weighted by Crippen LogP contribution is -2.32. The third kappa shape index (κ3) is 3.70. The van der Waals surface area contributed by atoms with Gasteiger partial charge in [-0.3, -0.25) is 0 Å². The predicted octanol–water partition coefficient (Wildman–Crippen LogP) is 4.18. The molecule has 0 bridgehead atoms. The van der Waals surface area contributed by atoms with E-state index in [0.717, 1.165) is 17.4 Å². The molecular weight excluding hydrogens is 262 g/mol. The van der Waals surface area contributed by atoms with Gasteiger partial charge in [0.15, 0.2) is 0 Å². The van der Waals surface area contributed by atoms with Gasteiger partial charge >= 0.3 is 0 Å². The molecular formula is C18H29NO2. The standard InChI is InChI=1S/C18H29NO2/c1-5-13-8-6-7-9-17(13)18(19-2)14-10-15(20-3)12-16(11-14)21-4/h10-13,17-19H,5-9H2,1-4H3. The molecule has 1 fully saturated rings. The first-order valence-electron chi connectivity index (χ1n) is 8.13. The highest BCUT2D eigenvalue weighted by Crippen LogP contribution is 2.41. The second-order valence-corrected chi connectivity index (χ2v) is 6.03. The molecule has 0 spiro atoms. The van der Waals surface area contributed by atoms with Crippen molar-refractivity contribution in [2.75, 3.05) is 21.3 Å². The van der Waals surface area contributed by atoms with E-state index in [-0.39, 0.29) is 0 Å². The SMILES string of the molecule is CCC1CCCCC1C(NC)c1cc(OC)cc(OC)c1. The quantitative estimate of drug-likeness (QED) is 0.853. The Kier molecular flexibility index (Phi) is 5.92. The van der Waals surface area contributed by atoms with Crippen LogP contribution in [0.3, 0.4) is 0 Å². The summed E-state index contributed by atoms with van der Waals surface area (Å²) < 4.78 is 10.8.